The molecule has 0 spiro atoms. The molecule has 14 heavy (non-hydrogen) atoms. The second kappa shape index (κ2) is 4.63. The smallest absolute Gasteiger partial charge is 0.0620 e. The summed E-state index contributed by atoms with van der Waals surface area (Å²) >= 11 is 0. The van der Waals surface area contributed by atoms with Gasteiger partial charge in [-0.1, -0.05) is 26.2 Å². The van der Waals surface area contributed by atoms with Crippen LogP contribution in [0.1, 0.15) is 45.4 Å². The summed E-state index contributed by atoms with van der Waals surface area (Å²) < 4.78 is 5.88. The molecule has 2 heteroatoms. The van der Waals surface area contributed by atoms with Gasteiger partial charge in [0.2, 0.25) is 0 Å². The summed E-state index contributed by atoms with van der Waals surface area (Å²) in [5.41, 5.74) is 6.00. The molecule has 1 aliphatic carbocycles. The Morgan fingerprint density at radius 3 is 2.64 bits per heavy atom. The second-order valence-corrected chi connectivity index (χ2v) is 5.12. The minimum Gasteiger partial charge on any atom is -0.378 e. The maximum absolute atomic E-state index is 6.00. The molecule has 2 aliphatic rings. The van der Waals surface area contributed by atoms with E-state index in [4.69, 9.17) is 10.5 Å². The second-order valence-electron chi connectivity index (χ2n) is 5.12. The monoisotopic (exact) mass is 197 g/mol. The van der Waals surface area contributed by atoms with Crippen LogP contribution in [-0.2, 0) is 4.74 Å². The Morgan fingerprint density at radius 1 is 1.14 bits per heavy atom. The van der Waals surface area contributed by atoms with E-state index >= 15 is 0 Å². The molecule has 1 heterocycles. The van der Waals surface area contributed by atoms with E-state index < -0.39 is 0 Å². The van der Waals surface area contributed by atoms with Crippen LogP contribution in [0, 0.1) is 11.8 Å². The van der Waals surface area contributed by atoms with E-state index in [2.05, 4.69) is 6.92 Å². The molecule has 2 nitrogen and oxygen atoms in total. The van der Waals surface area contributed by atoms with Crippen LogP contribution in [0.2, 0.25) is 0 Å². The summed E-state index contributed by atoms with van der Waals surface area (Å²) in [6, 6.07) is 0.392. The molecule has 2 rings (SSSR count). The van der Waals surface area contributed by atoms with E-state index in [1.807, 2.05) is 0 Å². The maximum atomic E-state index is 6.00. The van der Waals surface area contributed by atoms with Crippen LogP contribution in [0.25, 0.3) is 0 Å². The highest BCUT2D eigenvalue weighted by molar-refractivity contribution is 4.84. The number of nitrogens with two attached hydrogens (primary N) is 1. The Kier molecular flexibility index (Phi) is 3.45. The van der Waals surface area contributed by atoms with Gasteiger partial charge >= 0.3 is 0 Å². The molecule has 0 radical (unpaired) electrons. The van der Waals surface area contributed by atoms with Gasteiger partial charge in [-0.15, -0.1) is 0 Å². The molecular formula is C12H23NO. The first-order valence-electron chi connectivity index (χ1n) is 6.14. The number of hydrogen-bond donors (Lipinski definition) is 1. The van der Waals surface area contributed by atoms with Crippen molar-refractivity contribution < 1.29 is 4.74 Å². The lowest BCUT2D eigenvalue weighted by Gasteiger charge is -2.38. The summed E-state index contributed by atoms with van der Waals surface area (Å²) in [5, 5.41) is 0. The number of hydrogen-bond acceptors (Lipinski definition) is 2. The predicted octanol–water partition coefficient (Wildman–Crippen LogP) is 2.32. The average molecular weight is 197 g/mol. The van der Waals surface area contributed by atoms with Crippen molar-refractivity contribution in [2.24, 2.45) is 17.6 Å². The summed E-state index contributed by atoms with van der Waals surface area (Å²) in [6.07, 6.45) is 8.17. The molecule has 1 aliphatic heterocycles. The van der Waals surface area contributed by atoms with Crippen LogP contribution in [-0.4, -0.2) is 18.8 Å². The normalized spacial score (nSPS) is 45.0. The molecule has 82 valence electrons. The molecule has 4 atom stereocenters. The third-order valence-corrected chi connectivity index (χ3v) is 4.01. The van der Waals surface area contributed by atoms with Crippen LogP contribution in [0.15, 0.2) is 0 Å². The van der Waals surface area contributed by atoms with E-state index in [1.165, 1.54) is 25.7 Å². The lowest BCUT2D eigenvalue weighted by molar-refractivity contribution is -0.0511. The Bertz CT molecular complexity index is 183. The highest BCUT2D eigenvalue weighted by atomic mass is 16.5. The van der Waals surface area contributed by atoms with Crippen molar-refractivity contribution >= 4 is 0 Å². The van der Waals surface area contributed by atoms with Gasteiger partial charge in [-0.05, 0) is 31.1 Å². The standard InChI is InChI=1S/C12H23NO/c1-9-4-2-3-5-11(9)12-8-10(13)6-7-14-12/h9-12H,2-8,13H2,1H3. The number of rotatable bonds is 1. The Hall–Kier alpha value is -0.0800. The fourth-order valence-electron chi connectivity index (χ4n) is 3.05. The van der Waals surface area contributed by atoms with Crippen molar-refractivity contribution in [2.75, 3.05) is 6.61 Å². The lowest BCUT2D eigenvalue weighted by atomic mass is 9.75. The highest BCUT2D eigenvalue weighted by Crippen LogP contribution is 2.35. The van der Waals surface area contributed by atoms with Crippen LogP contribution in [0.5, 0.6) is 0 Å². The van der Waals surface area contributed by atoms with Crippen molar-refractivity contribution in [3.8, 4) is 0 Å². The Morgan fingerprint density at radius 2 is 1.93 bits per heavy atom. The topological polar surface area (TPSA) is 35.2 Å². The van der Waals surface area contributed by atoms with Crippen LogP contribution < -0.4 is 5.73 Å². The summed E-state index contributed by atoms with van der Waals surface area (Å²) in [4.78, 5) is 0. The molecule has 2 fully saturated rings. The first kappa shape index (κ1) is 10.4. The van der Waals surface area contributed by atoms with E-state index in [-0.39, 0.29) is 0 Å². The zero-order chi connectivity index (χ0) is 9.97. The van der Waals surface area contributed by atoms with Crippen molar-refractivity contribution in [1.29, 1.82) is 0 Å². The van der Waals surface area contributed by atoms with Crippen molar-refractivity contribution in [3.63, 3.8) is 0 Å². The largest absolute Gasteiger partial charge is 0.378 e. The first-order valence-corrected chi connectivity index (χ1v) is 6.14. The molecule has 1 saturated heterocycles. The van der Waals surface area contributed by atoms with Crippen LogP contribution in [0.4, 0.5) is 0 Å². The van der Waals surface area contributed by atoms with Crippen molar-refractivity contribution in [2.45, 2.75) is 57.6 Å². The zero-order valence-electron chi connectivity index (χ0n) is 9.24. The van der Waals surface area contributed by atoms with Gasteiger partial charge in [0.1, 0.15) is 0 Å². The van der Waals surface area contributed by atoms with E-state index in [9.17, 15) is 0 Å². The molecule has 0 bridgehead atoms. The molecule has 0 aromatic rings. The van der Waals surface area contributed by atoms with E-state index in [1.54, 1.807) is 0 Å². The Labute approximate surface area is 87.2 Å². The molecular weight excluding hydrogens is 174 g/mol. The van der Waals surface area contributed by atoms with Gasteiger partial charge in [-0.3, -0.25) is 0 Å². The first-order chi connectivity index (χ1) is 6.77. The third kappa shape index (κ3) is 2.29. The SMILES string of the molecule is CC1CCCCC1C1CC(N)CCO1. The fourth-order valence-corrected chi connectivity index (χ4v) is 3.05. The summed E-state index contributed by atoms with van der Waals surface area (Å²) in [5.74, 6) is 1.63. The van der Waals surface area contributed by atoms with E-state index in [0.717, 1.165) is 31.3 Å². The fraction of sp³-hybridized carbons (Fsp3) is 1.00. The highest BCUT2D eigenvalue weighted by Gasteiger charge is 2.32. The van der Waals surface area contributed by atoms with Crippen molar-refractivity contribution in [1.82, 2.24) is 0 Å². The predicted molar refractivity (Wildman–Crippen MR) is 58.1 cm³/mol. The van der Waals surface area contributed by atoms with Crippen LogP contribution >= 0.6 is 0 Å². The van der Waals surface area contributed by atoms with Crippen molar-refractivity contribution in [3.05, 3.63) is 0 Å². The minimum atomic E-state index is 0.392. The number of ether oxygens (including phenoxy) is 1. The van der Waals surface area contributed by atoms with Gasteiger partial charge in [-0.2, -0.15) is 0 Å². The molecule has 4 unspecified atom stereocenters. The van der Waals surface area contributed by atoms with Gasteiger partial charge < -0.3 is 10.5 Å². The average Bonchev–Trinajstić information content (AvgIpc) is 2.18. The molecule has 0 aromatic heterocycles. The van der Waals surface area contributed by atoms with Gasteiger partial charge in [-0.25, -0.2) is 0 Å². The maximum Gasteiger partial charge on any atom is 0.0620 e. The van der Waals surface area contributed by atoms with Gasteiger partial charge in [0.25, 0.3) is 0 Å². The zero-order valence-corrected chi connectivity index (χ0v) is 9.24. The molecule has 0 aromatic carbocycles. The lowest BCUT2D eigenvalue weighted by Crippen LogP contribution is -2.41. The molecule has 0 amide bonds. The van der Waals surface area contributed by atoms with Gasteiger partial charge in [0, 0.05) is 12.6 Å². The molecule has 1 saturated carbocycles. The van der Waals surface area contributed by atoms with Crippen LogP contribution in [0.3, 0.4) is 0 Å². The molecule has 2 N–H and O–H groups in total. The van der Waals surface area contributed by atoms with Gasteiger partial charge in [0.15, 0.2) is 0 Å². The summed E-state index contributed by atoms with van der Waals surface area (Å²) in [7, 11) is 0. The minimum absolute atomic E-state index is 0.392. The summed E-state index contributed by atoms with van der Waals surface area (Å²) in [6.45, 7) is 3.27. The Balaban J connectivity index is 1.91. The van der Waals surface area contributed by atoms with E-state index in [0.29, 0.717) is 12.1 Å². The quantitative estimate of drug-likeness (QED) is 0.700. The van der Waals surface area contributed by atoms with Gasteiger partial charge in [0.05, 0.1) is 6.10 Å². The third-order valence-electron chi connectivity index (χ3n) is 4.01.